The molecule has 1 unspecified atom stereocenters. The number of ether oxygens (including phenoxy) is 2. The highest BCUT2D eigenvalue weighted by molar-refractivity contribution is 5.75. The molecule has 0 aromatic carbocycles. The van der Waals surface area contributed by atoms with Gasteiger partial charge < -0.3 is 31.2 Å². The Balaban J connectivity index is 2.02. The molecule has 0 radical (unpaired) electrons. The number of nitrogens with zero attached hydrogens (tertiary/aromatic N) is 3. The van der Waals surface area contributed by atoms with Crippen LogP contribution in [0, 0.1) is 5.92 Å². The fourth-order valence-electron chi connectivity index (χ4n) is 2.35. The number of rotatable bonds is 6. The van der Waals surface area contributed by atoms with Crippen LogP contribution >= 0.6 is 0 Å². The average molecular weight is 357 g/mol. The SMILES string of the molecule is CC[C@H](C)[C@H](N)C(=O)OC[C@H]1O[C@@H](n2ncc(N)nc2=O)[C@@H](O)C1O. The van der Waals surface area contributed by atoms with E-state index < -0.39 is 42.2 Å². The zero-order chi connectivity index (χ0) is 18.7. The molecule has 0 bridgehead atoms. The number of aromatic nitrogens is 3. The summed E-state index contributed by atoms with van der Waals surface area (Å²) in [6.45, 7) is 3.39. The lowest BCUT2D eigenvalue weighted by Crippen LogP contribution is -2.41. The third kappa shape index (κ3) is 4.12. The molecule has 6 N–H and O–H groups in total. The first kappa shape index (κ1) is 19.2. The topological polar surface area (TPSA) is 176 Å². The number of hydrogen-bond donors (Lipinski definition) is 4. The van der Waals surface area contributed by atoms with E-state index in [2.05, 4.69) is 10.1 Å². The van der Waals surface area contributed by atoms with Crippen LogP contribution in [0.3, 0.4) is 0 Å². The van der Waals surface area contributed by atoms with Crippen LogP contribution in [0.1, 0.15) is 26.5 Å². The Labute approximate surface area is 143 Å². The summed E-state index contributed by atoms with van der Waals surface area (Å²) >= 11 is 0. The molecule has 1 aliphatic heterocycles. The maximum Gasteiger partial charge on any atom is 0.368 e. The van der Waals surface area contributed by atoms with Gasteiger partial charge in [-0.1, -0.05) is 20.3 Å². The highest BCUT2D eigenvalue weighted by atomic mass is 16.6. The van der Waals surface area contributed by atoms with Crippen LogP contribution in [-0.4, -0.2) is 61.9 Å². The monoisotopic (exact) mass is 357 g/mol. The first-order chi connectivity index (χ1) is 11.8. The largest absolute Gasteiger partial charge is 0.462 e. The summed E-state index contributed by atoms with van der Waals surface area (Å²) in [7, 11) is 0. The second-order valence-electron chi connectivity index (χ2n) is 6.00. The van der Waals surface area contributed by atoms with Crippen LogP contribution < -0.4 is 17.2 Å². The van der Waals surface area contributed by atoms with Crippen molar-refractivity contribution in [1.29, 1.82) is 0 Å². The number of aliphatic hydroxyl groups excluding tert-OH is 2. The molecule has 6 atom stereocenters. The third-order valence-electron chi connectivity index (χ3n) is 4.23. The Kier molecular flexibility index (Phi) is 6.06. The van der Waals surface area contributed by atoms with Crippen LogP contribution in [-0.2, 0) is 14.3 Å². The fraction of sp³-hybridized carbons (Fsp3) is 0.714. The highest BCUT2D eigenvalue weighted by Crippen LogP contribution is 2.28. The molecular weight excluding hydrogens is 334 g/mol. The minimum atomic E-state index is -1.46. The van der Waals surface area contributed by atoms with Crippen LogP contribution in [0.2, 0.25) is 0 Å². The van der Waals surface area contributed by atoms with Crippen molar-refractivity contribution in [3.8, 4) is 0 Å². The normalized spacial score (nSPS) is 28.5. The Morgan fingerprint density at radius 1 is 1.48 bits per heavy atom. The molecule has 1 aromatic rings. The van der Waals surface area contributed by atoms with Crippen molar-refractivity contribution in [2.75, 3.05) is 12.3 Å². The van der Waals surface area contributed by atoms with Gasteiger partial charge in [0.15, 0.2) is 6.23 Å². The minimum absolute atomic E-state index is 0.0658. The van der Waals surface area contributed by atoms with Gasteiger partial charge in [0, 0.05) is 0 Å². The molecule has 1 fully saturated rings. The van der Waals surface area contributed by atoms with Crippen molar-refractivity contribution >= 4 is 11.8 Å². The van der Waals surface area contributed by atoms with Gasteiger partial charge in [-0.25, -0.2) is 4.79 Å². The first-order valence-electron chi connectivity index (χ1n) is 7.91. The van der Waals surface area contributed by atoms with E-state index >= 15 is 0 Å². The fourth-order valence-corrected chi connectivity index (χ4v) is 2.35. The number of esters is 1. The molecule has 0 amide bonds. The lowest BCUT2D eigenvalue weighted by molar-refractivity contribution is -0.153. The van der Waals surface area contributed by atoms with E-state index in [1.54, 1.807) is 0 Å². The van der Waals surface area contributed by atoms with Gasteiger partial charge in [0.1, 0.15) is 36.8 Å². The molecule has 0 aliphatic carbocycles. The molecule has 0 spiro atoms. The summed E-state index contributed by atoms with van der Waals surface area (Å²) in [4.78, 5) is 27.2. The lowest BCUT2D eigenvalue weighted by Gasteiger charge is -2.19. The van der Waals surface area contributed by atoms with Gasteiger partial charge >= 0.3 is 11.7 Å². The van der Waals surface area contributed by atoms with Gasteiger partial charge in [0.25, 0.3) is 0 Å². The lowest BCUT2D eigenvalue weighted by atomic mass is 10.0. The van der Waals surface area contributed by atoms with E-state index in [1.165, 1.54) is 0 Å². The number of carbonyl (C=O) groups is 1. The second kappa shape index (κ2) is 7.87. The number of nitrogens with two attached hydrogens (primary N) is 2. The summed E-state index contributed by atoms with van der Waals surface area (Å²) in [6, 6.07) is -0.796. The summed E-state index contributed by atoms with van der Waals surface area (Å²) in [5, 5.41) is 23.9. The molecule has 1 saturated heterocycles. The Bertz CT molecular complexity index is 667. The molecule has 11 nitrogen and oxygen atoms in total. The van der Waals surface area contributed by atoms with Crippen molar-refractivity contribution in [2.24, 2.45) is 11.7 Å². The molecule has 11 heteroatoms. The van der Waals surface area contributed by atoms with Crippen molar-refractivity contribution in [1.82, 2.24) is 14.8 Å². The van der Waals surface area contributed by atoms with Crippen LogP contribution in [0.15, 0.2) is 11.0 Å². The number of anilines is 1. The summed E-state index contributed by atoms with van der Waals surface area (Å²) in [5.74, 6) is -0.782. The van der Waals surface area contributed by atoms with Gasteiger partial charge in [-0.3, -0.25) is 4.79 Å². The van der Waals surface area contributed by atoms with Crippen molar-refractivity contribution < 1.29 is 24.5 Å². The molecule has 2 heterocycles. The van der Waals surface area contributed by atoms with E-state index in [1.807, 2.05) is 13.8 Å². The third-order valence-corrected chi connectivity index (χ3v) is 4.23. The van der Waals surface area contributed by atoms with E-state index in [0.717, 1.165) is 10.9 Å². The van der Waals surface area contributed by atoms with Gasteiger partial charge in [-0.2, -0.15) is 14.8 Å². The van der Waals surface area contributed by atoms with Crippen molar-refractivity contribution in [3.63, 3.8) is 0 Å². The number of nitrogen functional groups attached to an aromatic ring is 1. The van der Waals surface area contributed by atoms with Gasteiger partial charge in [0.2, 0.25) is 0 Å². The van der Waals surface area contributed by atoms with Crippen LogP contribution in [0.4, 0.5) is 5.82 Å². The molecule has 1 aromatic heterocycles. The van der Waals surface area contributed by atoms with E-state index in [-0.39, 0.29) is 18.3 Å². The van der Waals surface area contributed by atoms with Gasteiger partial charge in [-0.15, -0.1) is 0 Å². The first-order valence-corrected chi connectivity index (χ1v) is 7.91. The maximum absolute atomic E-state index is 11.9. The molecular formula is C14H23N5O6. The van der Waals surface area contributed by atoms with Crippen LogP contribution in [0.25, 0.3) is 0 Å². The van der Waals surface area contributed by atoms with E-state index in [9.17, 15) is 19.8 Å². The van der Waals surface area contributed by atoms with Crippen molar-refractivity contribution in [3.05, 3.63) is 16.7 Å². The highest BCUT2D eigenvalue weighted by Gasteiger charge is 2.45. The molecule has 1 aliphatic rings. The zero-order valence-electron chi connectivity index (χ0n) is 14.0. The zero-order valence-corrected chi connectivity index (χ0v) is 14.0. The Morgan fingerprint density at radius 2 is 2.16 bits per heavy atom. The summed E-state index contributed by atoms with van der Waals surface area (Å²) in [6.07, 6.45) is -3.34. The average Bonchev–Trinajstić information content (AvgIpc) is 2.86. The predicted molar refractivity (Wildman–Crippen MR) is 85.0 cm³/mol. The summed E-state index contributed by atoms with van der Waals surface area (Å²) < 4.78 is 11.2. The number of hydrogen-bond acceptors (Lipinski definition) is 10. The number of aliphatic hydroxyl groups is 2. The smallest absolute Gasteiger partial charge is 0.368 e. The van der Waals surface area contributed by atoms with Gasteiger partial charge in [-0.05, 0) is 5.92 Å². The van der Waals surface area contributed by atoms with E-state index in [4.69, 9.17) is 20.9 Å². The van der Waals surface area contributed by atoms with Crippen LogP contribution in [0.5, 0.6) is 0 Å². The molecule has 2 rings (SSSR count). The van der Waals surface area contributed by atoms with Crippen molar-refractivity contribution in [2.45, 2.75) is 50.8 Å². The minimum Gasteiger partial charge on any atom is -0.462 e. The predicted octanol–water partition coefficient (Wildman–Crippen LogP) is -2.24. The Hall–Kier alpha value is -2.08. The Morgan fingerprint density at radius 3 is 2.76 bits per heavy atom. The maximum atomic E-state index is 11.9. The standard InChI is InChI=1S/C14H23N5O6/c1-3-6(2)9(16)13(22)24-5-7-10(20)11(21)12(25-7)19-14(23)18-8(15)4-17-19/h4,6-7,9-12,20-21H,3,5,16H2,1-2H3,(H2,15,18,23)/t6-,7+,9-,10?,11-,12+/m0/s1. The molecule has 140 valence electrons. The number of carbonyl (C=O) groups excluding carboxylic acids is 1. The molecule has 0 saturated carbocycles. The van der Waals surface area contributed by atoms with Gasteiger partial charge in [0.05, 0.1) is 6.20 Å². The quantitative estimate of drug-likeness (QED) is 0.407. The second-order valence-corrected chi connectivity index (χ2v) is 6.00. The summed E-state index contributed by atoms with van der Waals surface area (Å²) in [5.41, 5.74) is 10.3. The molecule has 25 heavy (non-hydrogen) atoms. The van der Waals surface area contributed by atoms with E-state index in [0.29, 0.717) is 6.42 Å².